The first kappa shape index (κ1) is 14.3. The average Bonchev–Trinajstić information content (AvgIpc) is 3.04. The van der Waals surface area contributed by atoms with Gasteiger partial charge in [-0.15, -0.1) is 11.3 Å². The fourth-order valence-corrected chi connectivity index (χ4v) is 3.20. The summed E-state index contributed by atoms with van der Waals surface area (Å²) in [5.41, 5.74) is 4.38. The minimum Gasteiger partial charge on any atom is -0.269 e. The number of aryl methyl sites for hydroxylation is 4. The van der Waals surface area contributed by atoms with Crippen LogP contribution in [0.3, 0.4) is 0 Å². The van der Waals surface area contributed by atoms with Crippen LogP contribution in [0.25, 0.3) is 11.3 Å². The van der Waals surface area contributed by atoms with Crippen LogP contribution in [0.5, 0.6) is 0 Å². The van der Waals surface area contributed by atoms with E-state index >= 15 is 0 Å². The Hall–Kier alpha value is -1.65. The molecule has 0 fully saturated rings. The first-order valence-corrected chi connectivity index (χ1v) is 8.09. The zero-order valence-electron chi connectivity index (χ0n) is 12.0. The molecule has 2 aromatic heterocycles. The van der Waals surface area contributed by atoms with Gasteiger partial charge in [-0.2, -0.15) is 5.10 Å². The second kappa shape index (κ2) is 6.00. The molecule has 0 amide bonds. The predicted octanol–water partition coefficient (Wildman–Crippen LogP) is 4.52. The Kier molecular flexibility index (Phi) is 4.08. The first-order chi connectivity index (χ1) is 10.1. The highest BCUT2D eigenvalue weighted by Gasteiger charge is 2.06. The number of nitrogens with zero attached hydrogens (tertiary/aromatic N) is 3. The van der Waals surface area contributed by atoms with Crippen molar-refractivity contribution in [3.63, 3.8) is 0 Å². The quantitative estimate of drug-likeness (QED) is 0.708. The maximum Gasteiger partial charge on any atom is 0.0951 e. The molecule has 0 N–H and O–H groups in total. The Balaban J connectivity index is 1.70. The fraction of sp³-hybridized carbons (Fsp3) is 0.250. The zero-order valence-corrected chi connectivity index (χ0v) is 13.6. The van der Waals surface area contributed by atoms with E-state index in [1.165, 1.54) is 5.69 Å². The second-order valence-corrected chi connectivity index (χ2v) is 6.41. The minimum absolute atomic E-state index is 0.749. The molecule has 0 atom stereocenters. The van der Waals surface area contributed by atoms with Crippen LogP contribution >= 0.6 is 22.9 Å². The van der Waals surface area contributed by atoms with Gasteiger partial charge in [0.15, 0.2) is 0 Å². The number of thiazole rings is 1. The highest BCUT2D eigenvalue weighted by molar-refractivity contribution is 7.09. The van der Waals surface area contributed by atoms with Gasteiger partial charge in [0.1, 0.15) is 0 Å². The second-order valence-electron chi connectivity index (χ2n) is 5.03. The van der Waals surface area contributed by atoms with Crippen molar-refractivity contribution in [1.82, 2.24) is 14.8 Å². The Morgan fingerprint density at radius 2 is 1.95 bits per heavy atom. The van der Waals surface area contributed by atoms with Crippen molar-refractivity contribution in [2.75, 3.05) is 0 Å². The van der Waals surface area contributed by atoms with Gasteiger partial charge >= 0.3 is 0 Å². The molecular weight excluding hydrogens is 302 g/mol. The van der Waals surface area contributed by atoms with Crippen LogP contribution in [0.1, 0.15) is 16.4 Å². The van der Waals surface area contributed by atoms with Crippen molar-refractivity contribution in [2.24, 2.45) is 0 Å². The van der Waals surface area contributed by atoms with E-state index in [1.807, 2.05) is 35.9 Å². The molecule has 0 saturated heterocycles. The molecule has 108 valence electrons. The van der Waals surface area contributed by atoms with Crippen LogP contribution in [-0.4, -0.2) is 14.8 Å². The maximum atomic E-state index is 5.91. The smallest absolute Gasteiger partial charge is 0.0951 e. The Morgan fingerprint density at radius 1 is 1.19 bits per heavy atom. The van der Waals surface area contributed by atoms with Gasteiger partial charge in [-0.05, 0) is 32.0 Å². The van der Waals surface area contributed by atoms with Crippen LogP contribution in [-0.2, 0) is 13.0 Å². The van der Waals surface area contributed by atoms with Crippen molar-refractivity contribution in [2.45, 2.75) is 26.8 Å². The summed E-state index contributed by atoms with van der Waals surface area (Å²) in [5.74, 6) is 0. The van der Waals surface area contributed by atoms with Crippen molar-refractivity contribution >= 4 is 22.9 Å². The molecule has 0 radical (unpaired) electrons. The van der Waals surface area contributed by atoms with Crippen molar-refractivity contribution in [3.05, 3.63) is 57.1 Å². The fourth-order valence-electron chi connectivity index (χ4n) is 2.28. The van der Waals surface area contributed by atoms with Gasteiger partial charge in [0.2, 0.25) is 0 Å². The maximum absolute atomic E-state index is 5.91. The third-order valence-electron chi connectivity index (χ3n) is 3.33. The highest BCUT2D eigenvalue weighted by atomic mass is 35.5. The standard InChI is InChI=1S/C16H16ClN3S/c1-11-9-12(2)20(19-11)8-7-16-18-15(10-21-16)13-3-5-14(17)6-4-13/h3-6,9-10H,7-8H2,1-2H3. The lowest BCUT2D eigenvalue weighted by molar-refractivity contribution is 0.593. The summed E-state index contributed by atoms with van der Waals surface area (Å²) in [6.45, 7) is 4.97. The summed E-state index contributed by atoms with van der Waals surface area (Å²) < 4.78 is 2.04. The normalized spacial score (nSPS) is 11.0. The Morgan fingerprint density at radius 3 is 2.62 bits per heavy atom. The molecule has 2 heterocycles. The lowest BCUT2D eigenvalue weighted by Crippen LogP contribution is -2.05. The predicted molar refractivity (Wildman–Crippen MR) is 88.0 cm³/mol. The van der Waals surface area contributed by atoms with E-state index in [9.17, 15) is 0 Å². The van der Waals surface area contributed by atoms with Gasteiger partial charge in [0.25, 0.3) is 0 Å². The number of rotatable bonds is 4. The summed E-state index contributed by atoms with van der Waals surface area (Å²) in [6.07, 6.45) is 0.903. The monoisotopic (exact) mass is 317 g/mol. The third-order valence-corrected chi connectivity index (χ3v) is 4.49. The van der Waals surface area contributed by atoms with Crippen LogP contribution in [0, 0.1) is 13.8 Å². The summed E-state index contributed by atoms with van der Waals surface area (Å²) >= 11 is 7.61. The van der Waals surface area contributed by atoms with Crippen LogP contribution < -0.4 is 0 Å². The molecule has 0 unspecified atom stereocenters. The van der Waals surface area contributed by atoms with Crippen molar-refractivity contribution < 1.29 is 0 Å². The van der Waals surface area contributed by atoms with Gasteiger partial charge in [0.05, 0.1) is 16.4 Å². The Labute approximate surface area is 133 Å². The summed E-state index contributed by atoms with van der Waals surface area (Å²) in [5, 5.41) is 8.46. The molecule has 0 aliphatic rings. The average molecular weight is 318 g/mol. The molecule has 21 heavy (non-hydrogen) atoms. The molecular formula is C16H16ClN3S. The number of hydrogen-bond acceptors (Lipinski definition) is 3. The van der Waals surface area contributed by atoms with Gasteiger partial charge < -0.3 is 0 Å². The topological polar surface area (TPSA) is 30.7 Å². The van der Waals surface area contributed by atoms with E-state index in [2.05, 4.69) is 23.5 Å². The molecule has 3 aromatic rings. The molecule has 1 aromatic carbocycles. The number of aromatic nitrogens is 3. The van der Waals surface area contributed by atoms with Gasteiger partial charge in [-0.1, -0.05) is 23.7 Å². The van der Waals surface area contributed by atoms with E-state index < -0.39 is 0 Å². The van der Waals surface area contributed by atoms with E-state index in [4.69, 9.17) is 16.6 Å². The molecule has 3 rings (SSSR count). The van der Waals surface area contributed by atoms with Crippen LogP contribution in [0.2, 0.25) is 5.02 Å². The van der Waals surface area contributed by atoms with E-state index in [0.717, 1.165) is 39.9 Å². The molecule has 0 bridgehead atoms. The molecule has 5 heteroatoms. The van der Waals surface area contributed by atoms with Gasteiger partial charge in [-0.3, -0.25) is 4.68 Å². The Bertz CT molecular complexity index is 743. The molecule has 0 spiro atoms. The summed E-state index contributed by atoms with van der Waals surface area (Å²) in [6, 6.07) is 9.89. The van der Waals surface area contributed by atoms with E-state index in [0.29, 0.717) is 0 Å². The van der Waals surface area contributed by atoms with Crippen molar-refractivity contribution in [1.29, 1.82) is 0 Å². The largest absolute Gasteiger partial charge is 0.269 e. The summed E-state index contributed by atoms with van der Waals surface area (Å²) in [7, 11) is 0. The van der Waals surface area contributed by atoms with Gasteiger partial charge in [-0.25, -0.2) is 4.98 Å². The first-order valence-electron chi connectivity index (χ1n) is 6.83. The number of halogens is 1. The molecule has 3 nitrogen and oxygen atoms in total. The van der Waals surface area contributed by atoms with Crippen molar-refractivity contribution in [3.8, 4) is 11.3 Å². The van der Waals surface area contributed by atoms with E-state index in [-0.39, 0.29) is 0 Å². The minimum atomic E-state index is 0.749. The third kappa shape index (κ3) is 3.34. The number of benzene rings is 1. The molecule has 0 saturated carbocycles. The highest BCUT2D eigenvalue weighted by Crippen LogP contribution is 2.24. The molecule has 0 aliphatic carbocycles. The SMILES string of the molecule is Cc1cc(C)n(CCc2nc(-c3ccc(Cl)cc3)cs2)n1. The van der Waals surface area contributed by atoms with Crippen LogP contribution in [0.4, 0.5) is 0 Å². The number of hydrogen-bond donors (Lipinski definition) is 0. The van der Waals surface area contributed by atoms with Gasteiger partial charge in [0, 0.05) is 34.6 Å². The lowest BCUT2D eigenvalue weighted by Gasteiger charge is -2.02. The zero-order chi connectivity index (χ0) is 14.8. The summed E-state index contributed by atoms with van der Waals surface area (Å²) in [4.78, 5) is 4.70. The van der Waals surface area contributed by atoms with E-state index in [1.54, 1.807) is 11.3 Å². The molecule has 0 aliphatic heterocycles. The van der Waals surface area contributed by atoms with Crippen LogP contribution in [0.15, 0.2) is 35.7 Å². The lowest BCUT2D eigenvalue weighted by atomic mass is 10.2.